The van der Waals surface area contributed by atoms with Gasteiger partial charge in [-0.25, -0.2) is 10.2 Å². The molecule has 1 amide bonds. The van der Waals surface area contributed by atoms with E-state index in [1.807, 2.05) is 30.3 Å². The molecule has 0 saturated carbocycles. The van der Waals surface area contributed by atoms with E-state index in [0.717, 1.165) is 16.4 Å². The van der Waals surface area contributed by atoms with E-state index in [9.17, 15) is 4.79 Å². The highest BCUT2D eigenvalue weighted by Gasteiger charge is 2.16. The SMILES string of the molecule is COC(=O)N/N=C(/CC(C)(C)C)Sc1ccccc1. The van der Waals surface area contributed by atoms with Crippen LogP contribution in [-0.4, -0.2) is 18.2 Å². The number of methoxy groups -OCH3 is 1. The molecule has 0 aromatic heterocycles. The fourth-order valence-electron chi connectivity index (χ4n) is 1.33. The number of rotatable bonds is 3. The van der Waals surface area contributed by atoms with Crippen LogP contribution in [0.1, 0.15) is 27.2 Å². The van der Waals surface area contributed by atoms with Gasteiger partial charge in [0.1, 0.15) is 0 Å². The van der Waals surface area contributed by atoms with Crippen LogP contribution in [-0.2, 0) is 4.74 Å². The van der Waals surface area contributed by atoms with Crippen LogP contribution in [0.3, 0.4) is 0 Å². The summed E-state index contributed by atoms with van der Waals surface area (Å²) in [6, 6.07) is 9.95. The van der Waals surface area contributed by atoms with Crippen molar-refractivity contribution in [1.82, 2.24) is 5.43 Å². The van der Waals surface area contributed by atoms with Crippen LogP contribution in [0.2, 0.25) is 0 Å². The highest BCUT2D eigenvalue weighted by Crippen LogP contribution is 2.28. The molecule has 1 rings (SSSR count). The Morgan fingerprint density at radius 2 is 1.95 bits per heavy atom. The van der Waals surface area contributed by atoms with E-state index in [1.54, 1.807) is 11.8 Å². The number of hydrazone groups is 1. The molecule has 0 atom stereocenters. The predicted octanol–water partition coefficient (Wildman–Crippen LogP) is 3.88. The molecule has 0 radical (unpaired) electrons. The molecule has 1 aromatic carbocycles. The van der Waals surface area contributed by atoms with E-state index in [4.69, 9.17) is 0 Å². The molecule has 1 aromatic rings. The lowest BCUT2D eigenvalue weighted by molar-refractivity contribution is 0.171. The standard InChI is InChI=1S/C14H20N2O2S/c1-14(2,3)10-12(15-16-13(17)18-4)19-11-8-6-5-7-9-11/h5-9H,10H2,1-4H3,(H,16,17)/b15-12-. The Morgan fingerprint density at radius 3 is 2.47 bits per heavy atom. The lowest BCUT2D eigenvalue weighted by Crippen LogP contribution is -2.20. The number of carbonyl (C=O) groups excluding carboxylic acids is 1. The predicted molar refractivity (Wildman–Crippen MR) is 79.3 cm³/mol. The van der Waals surface area contributed by atoms with Crippen LogP contribution < -0.4 is 5.43 Å². The maximum Gasteiger partial charge on any atom is 0.427 e. The molecule has 1 N–H and O–H groups in total. The fraction of sp³-hybridized carbons (Fsp3) is 0.429. The average Bonchev–Trinajstić information content (AvgIpc) is 2.35. The molecule has 0 aliphatic carbocycles. The third-order valence-electron chi connectivity index (χ3n) is 2.12. The van der Waals surface area contributed by atoms with E-state index in [1.165, 1.54) is 7.11 Å². The third kappa shape index (κ3) is 6.86. The number of benzene rings is 1. The van der Waals surface area contributed by atoms with Gasteiger partial charge in [0, 0.05) is 11.3 Å². The number of thioether (sulfide) groups is 1. The van der Waals surface area contributed by atoms with Crippen LogP contribution in [0.15, 0.2) is 40.3 Å². The van der Waals surface area contributed by atoms with Gasteiger partial charge in [-0.3, -0.25) is 0 Å². The average molecular weight is 280 g/mol. The zero-order valence-corrected chi connectivity index (χ0v) is 12.6. The minimum atomic E-state index is -0.555. The maximum absolute atomic E-state index is 11.1. The summed E-state index contributed by atoms with van der Waals surface area (Å²) in [5.41, 5.74) is 2.48. The Kier molecular flexibility index (Phi) is 5.89. The Morgan fingerprint density at radius 1 is 1.32 bits per heavy atom. The van der Waals surface area contributed by atoms with Gasteiger partial charge >= 0.3 is 6.09 Å². The number of hydrogen-bond donors (Lipinski definition) is 1. The fourth-order valence-corrected chi connectivity index (χ4v) is 2.49. The first kappa shape index (κ1) is 15.6. The summed E-state index contributed by atoms with van der Waals surface area (Å²) in [4.78, 5) is 12.2. The zero-order chi connectivity index (χ0) is 14.3. The molecule has 0 bridgehead atoms. The summed E-state index contributed by atoms with van der Waals surface area (Å²) in [7, 11) is 1.32. The highest BCUT2D eigenvalue weighted by molar-refractivity contribution is 8.14. The summed E-state index contributed by atoms with van der Waals surface area (Å²) < 4.78 is 4.51. The number of carbonyl (C=O) groups is 1. The minimum Gasteiger partial charge on any atom is -0.452 e. The Balaban J connectivity index is 2.77. The van der Waals surface area contributed by atoms with Crippen LogP contribution in [0, 0.1) is 5.41 Å². The molecule has 0 aliphatic rings. The first-order valence-electron chi connectivity index (χ1n) is 6.04. The van der Waals surface area contributed by atoms with Crippen molar-refractivity contribution in [2.45, 2.75) is 32.1 Å². The molecule has 0 fully saturated rings. The van der Waals surface area contributed by atoms with E-state index in [-0.39, 0.29) is 5.41 Å². The molecular formula is C14H20N2O2S. The smallest absolute Gasteiger partial charge is 0.427 e. The van der Waals surface area contributed by atoms with E-state index < -0.39 is 6.09 Å². The van der Waals surface area contributed by atoms with Crippen molar-refractivity contribution in [1.29, 1.82) is 0 Å². The van der Waals surface area contributed by atoms with Crippen molar-refractivity contribution in [3.05, 3.63) is 30.3 Å². The topological polar surface area (TPSA) is 50.7 Å². The minimum absolute atomic E-state index is 0.0956. The second kappa shape index (κ2) is 7.19. The van der Waals surface area contributed by atoms with Crippen LogP contribution in [0.4, 0.5) is 4.79 Å². The molecule has 104 valence electrons. The first-order chi connectivity index (χ1) is 8.90. The summed E-state index contributed by atoms with van der Waals surface area (Å²) >= 11 is 1.55. The summed E-state index contributed by atoms with van der Waals surface area (Å²) in [5.74, 6) is 0. The van der Waals surface area contributed by atoms with Crippen molar-refractivity contribution in [2.24, 2.45) is 10.5 Å². The summed E-state index contributed by atoms with van der Waals surface area (Å²) in [6.45, 7) is 6.39. The largest absolute Gasteiger partial charge is 0.452 e. The Hall–Kier alpha value is -1.49. The van der Waals surface area contributed by atoms with Gasteiger partial charge in [-0.2, -0.15) is 5.10 Å². The number of nitrogens with zero attached hydrogens (tertiary/aromatic N) is 1. The zero-order valence-electron chi connectivity index (χ0n) is 11.8. The molecule has 0 unspecified atom stereocenters. The molecule has 0 spiro atoms. The van der Waals surface area contributed by atoms with Crippen molar-refractivity contribution in [2.75, 3.05) is 7.11 Å². The molecule has 0 aliphatic heterocycles. The lowest BCUT2D eigenvalue weighted by Gasteiger charge is -2.19. The van der Waals surface area contributed by atoms with Gasteiger partial charge in [0.25, 0.3) is 0 Å². The second-order valence-corrected chi connectivity index (χ2v) is 6.41. The van der Waals surface area contributed by atoms with E-state index in [2.05, 4.69) is 36.0 Å². The Bertz CT molecular complexity index is 439. The molecule has 4 nitrogen and oxygen atoms in total. The normalized spacial score (nSPS) is 12.1. The highest BCUT2D eigenvalue weighted by atomic mass is 32.2. The second-order valence-electron chi connectivity index (χ2n) is 5.26. The molecule has 0 heterocycles. The van der Waals surface area contributed by atoms with Crippen molar-refractivity contribution in [3.8, 4) is 0 Å². The van der Waals surface area contributed by atoms with Gasteiger partial charge in [-0.1, -0.05) is 50.7 Å². The first-order valence-corrected chi connectivity index (χ1v) is 6.86. The number of amides is 1. The maximum atomic E-state index is 11.1. The lowest BCUT2D eigenvalue weighted by atomic mass is 9.93. The van der Waals surface area contributed by atoms with E-state index >= 15 is 0 Å². The van der Waals surface area contributed by atoms with Crippen molar-refractivity contribution in [3.63, 3.8) is 0 Å². The van der Waals surface area contributed by atoms with Gasteiger partial charge in [-0.15, -0.1) is 0 Å². The number of nitrogens with one attached hydrogen (secondary N) is 1. The summed E-state index contributed by atoms with van der Waals surface area (Å²) in [6.07, 6.45) is 0.219. The van der Waals surface area contributed by atoms with Crippen molar-refractivity contribution >= 4 is 22.9 Å². The van der Waals surface area contributed by atoms with Gasteiger partial charge in [0.2, 0.25) is 0 Å². The van der Waals surface area contributed by atoms with Crippen LogP contribution >= 0.6 is 11.8 Å². The van der Waals surface area contributed by atoms with Crippen molar-refractivity contribution < 1.29 is 9.53 Å². The van der Waals surface area contributed by atoms with E-state index in [0.29, 0.717) is 0 Å². The number of hydrogen-bond acceptors (Lipinski definition) is 4. The number of ether oxygens (including phenoxy) is 1. The van der Waals surface area contributed by atoms with Crippen LogP contribution in [0.25, 0.3) is 0 Å². The molecular weight excluding hydrogens is 260 g/mol. The monoisotopic (exact) mass is 280 g/mol. The van der Waals surface area contributed by atoms with Crippen LogP contribution in [0.5, 0.6) is 0 Å². The van der Waals surface area contributed by atoms with Gasteiger partial charge in [0.15, 0.2) is 0 Å². The quantitative estimate of drug-likeness (QED) is 0.395. The van der Waals surface area contributed by atoms with Gasteiger partial charge < -0.3 is 4.74 Å². The Labute approximate surface area is 118 Å². The molecule has 0 saturated heterocycles. The molecule has 19 heavy (non-hydrogen) atoms. The third-order valence-corrected chi connectivity index (χ3v) is 3.10. The van der Waals surface area contributed by atoms with Gasteiger partial charge in [-0.05, 0) is 17.5 Å². The molecule has 5 heteroatoms. The van der Waals surface area contributed by atoms with Gasteiger partial charge in [0.05, 0.1) is 12.2 Å². The summed E-state index contributed by atoms with van der Waals surface area (Å²) in [5, 5.41) is 4.98.